The molecule has 0 saturated heterocycles. The number of nitrogens with two attached hydrogens (primary N) is 1. The van der Waals surface area contributed by atoms with Crippen LogP contribution in [0.5, 0.6) is 0 Å². The zero-order valence-corrected chi connectivity index (χ0v) is 10.3. The Hall–Kier alpha value is -1.28. The Labute approximate surface area is 97.1 Å². The van der Waals surface area contributed by atoms with Gasteiger partial charge in [-0.25, -0.2) is 0 Å². The molecule has 2 aromatic rings. The first kappa shape index (κ1) is 11.2. The van der Waals surface area contributed by atoms with Gasteiger partial charge in [0.1, 0.15) is 0 Å². The number of aromatic nitrogens is 1. The fourth-order valence-electron chi connectivity index (χ4n) is 2.22. The molecular formula is C14H20N2. The molecule has 0 saturated carbocycles. The van der Waals surface area contributed by atoms with Crippen LogP contribution in [0.3, 0.4) is 0 Å². The van der Waals surface area contributed by atoms with E-state index in [9.17, 15) is 0 Å². The normalized spacial score (nSPS) is 11.6. The average molecular weight is 216 g/mol. The van der Waals surface area contributed by atoms with Crippen molar-refractivity contribution in [3.63, 3.8) is 0 Å². The van der Waals surface area contributed by atoms with Gasteiger partial charge < -0.3 is 10.3 Å². The van der Waals surface area contributed by atoms with E-state index in [0.29, 0.717) is 12.5 Å². The number of aryl methyl sites for hydroxylation is 1. The Balaban J connectivity index is 2.66. The van der Waals surface area contributed by atoms with Gasteiger partial charge in [-0.15, -0.1) is 0 Å². The summed E-state index contributed by atoms with van der Waals surface area (Å²) in [4.78, 5) is 0. The SMILES string of the molecule is Cc1ccc2c(c1)c(C(C)C)cn2CCN. The molecule has 0 fully saturated rings. The van der Waals surface area contributed by atoms with Gasteiger partial charge in [0, 0.05) is 30.2 Å². The molecule has 0 aliphatic carbocycles. The summed E-state index contributed by atoms with van der Waals surface area (Å²) in [6.45, 7) is 8.21. The highest BCUT2D eigenvalue weighted by molar-refractivity contribution is 5.85. The monoisotopic (exact) mass is 216 g/mol. The molecule has 0 atom stereocenters. The largest absolute Gasteiger partial charge is 0.346 e. The maximum Gasteiger partial charge on any atom is 0.0483 e. The van der Waals surface area contributed by atoms with Gasteiger partial charge >= 0.3 is 0 Å². The summed E-state index contributed by atoms with van der Waals surface area (Å²) in [6.07, 6.45) is 2.25. The first-order valence-corrected chi connectivity index (χ1v) is 5.93. The number of benzene rings is 1. The van der Waals surface area contributed by atoms with Crippen molar-refractivity contribution in [1.82, 2.24) is 4.57 Å². The highest BCUT2D eigenvalue weighted by atomic mass is 15.0. The molecule has 1 aromatic heterocycles. The zero-order valence-electron chi connectivity index (χ0n) is 10.3. The lowest BCUT2D eigenvalue weighted by atomic mass is 10.0. The maximum atomic E-state index is 5.65. The summed E-state index contributed by atoms with van der Waals surface area (Å²) in [5.41, 5.74) is 9.69. The van der Waals surface area contributed by atoms with E-state index in [2.05, 4.69) is 49.7 Å². The molecule has 2 N–H and O–H groups in total. The van der Waals surface area contributed by atoms with Crippen molar-refractivity contribution < 1.29 is 0 Å². The van der Waals surface area contributed by atoms with Crippen molar-refractivity contribution in [2.45, 2.75) is 33.2 Å². The van der Waals surface area contributed by atoms with E-state index in [4.69, 9.17) is 5.73 Å². The standard InChI is InChI=1S/C14H20N2/c1-10(2)13-9-16(7-6-15)14-5-4-11(3)8-12(13)14/h4-5,8-10H,6-7,15H2,1-3H3. The second-order valence-corrected chi connectivity index (χ2v) is 4.74. The molecular weight excluding hydrogens is 196 g/mol. The van der Waals surface area contributed by atoms with E-state index in [-0.39, 0.29) is 0 Å². The molecule has 0 bridgehead atoms. The Morgan fingerprint density at radius 2 is 2.06 bits per heavy atom. The Morgan fingerprint density at radius 1 is 1.31 bits per heavy atom. The van der Waals surface area contributed by atoms with Crippen molar-refractivity contribution in [3.8, 4) is 0 Å². The Kier molecular flexibility index (Phi) is 3.01. The third-order valence-corrected chi connectivity index (χ3v) is 3.06. The third kappa shape index (κ3) is 1.85. The number of hydrogen-bond acceptors (Lipinski definition) is 1. The molecule has 2 nitrogen and oxygen atoms in total. The average Bonchev–Trinajstić information content (AvgIpc) is 2.57. The van der Waals surface area contributed by atoms with Crippen molar-refractivity contribution in [2.75, 3.05) is 6.54 Å². The van der Waals surface area contributed by atoms with E-state index < -0.39 is 0 Å². The first-order chi connectivity index (χ1) is 7.63. The van der Waals surface area contributed by atoms with Gasteiger partial charge in [-0.05, 0) is 30.5 Å². The minimum absolute atomic E-state index is 0.559. The van der Waals surface area contributed by atoms with Crippen LogP contribution in [0.15, 0.2) is 24.4 Å². The Bertz CT molecular complexity index is 495. The Morgan fingerprint density at radius 3 is 2.69 bits per heavy atom. The lowest BCUT2D eigenvalue weighted by Gasteiger charge is -2.02. The molecule has 0 spiro atoms. The predicted octanol–water partition coefficient (Wildman–Crippen LogP) is 3.03. The predicted molar refractivity (Wildman–Crippen MR) is 69.8 cm³/mol. The van der Waals surface area contributed by atoms with Crippen molar-refractivity contribution in [2.24, 2.45) is 5.73 Å². The fourth-order valence-corrected chi connectivity index (χ4v) is 2.22. The number of fused-ring (bicyclic) bond motifs is 1. The molecule has 0 amide bonds. The maximum absolute atomic E-state index is 5.65. The van der Waals surface area contributed by atoms with Crippen LogP contribution < -0.4 is 5.73 Å². The number of nitrogens with zero attached hydrogens (tertiary/aromatic N) is 1. The van der Waals surface area contributed by atoms with E-state index in [0.717, 1.165) is 6.54 Å². The van der Waals surface area contributed by atoms with E-state index in [1.165, 1.54) is 22.0 Å². The van der Waals surface area contributed by atoms with Gasteiger partial charge in [0.25, 0.3) is 0 Å². The van der Waals surface area contributed by atoms with Gasteiger partial charge in [-0.2, -0.15) is 0 Å². The molecule has 16 heavy (non-hydrogen) atoms. The van der Waals surface area contributed by atoms with Crippen LogP contribution in [0.25, 0.3) is 10.9 Å². The van der Waals surface area contributed by atoms with Gasteiger partial charge in [-0.3, -0.25) is 0 Å². The minimum atomic E-state index is 0.559. The number of rotatable bonds is 3. The van der Waals surface area contributed by atoms with Gasteiger partial charge in [0.2, 0.25) is 0 Å². The summed E-state index contributed by atoms with van der Waals surface area (Å²) in [5, 5.41) is 1.38. The summed E-state index contributed by atoms with van der Waals surface area (Å²) in [5.74, 6) is 0.559. The summed E-state index contributed by atoms with van der Waals surface area (Å²) in [7, 11) is 0. The molecule has 1 aromatic carbocycles. The third-order valence-electron chi connectivity index (χ3n) is 3.06. The second-order valence-electron chi connectivity index (χ2n) is 4.74. The van der Waals surface area contributed by atoms with Crippen LogP contribution in [-0.2, 0) is 6.54 Å². The fraction of sp³-hybridized carbons (Fsp3) is 0.429. The highest BCUT2D eigenvalue weighted by Gasteiger charge is 2.10. The van der Waals surface area contributed by atoms with Crippen LogP contribution in [0.2, 0.25) is 0 Å². The molecule has 2 rings (SSSR count). The van der Waals surface area contributed by atoms with Crippen molar-refractivity contribution in [3.05, 3.63) is 35.5 Å². The quantitative estimate of drug-likeness (QED) is 0.840. The zero-order chi connectivity index (χ0) is 11.7. The van der Waals surface area contributed by atoms with Crippen LogP contribution >= 0.6 is 0 Å². The summed E-state index contributed by atoms with van der Waals surface area (Å²) < 4.78 is 2.27. The molecule has 2 heteroatoms. The smallest absolute Gasteiger partial charge is 0.0483 e. The van der Waals surface area contributed by atoms with Crippen molar-refractivity contribution >= 4 is 10.9 Å². The van der Waals surface area contributed by atoms with E-state index in [1.54, 1.807) is 0 Å². The molecule has 0 radical (unpaired) electrons. The lowest BCUT2D eigenvalue weighted by molar-refractivity contribution is 0.727. The molecule has 0 aliphatic heterocycles. The number of hydrogen-bond donors (Lipinski definition) is 1. The van der Waals surface area contributed by atoms with E-state index >= 15 is 0 Å². The second kappa shape index (κ2) is 4.30. The van der Waals surface area contributed by atoms with Gasteiger partial charge in [-0.1, -0.05) is 25.5 Å². The minimum Gasteiger partial charge on any atom is -0.346 e. The molecule has 86 valence electrons. The topological polar surface area (TPSA) is 30.9 Å². The molecule has 0 unspecified atom stereocenters. The first-order valence-electron chi connectivity index (χ1n) is 5.93. The van der Waals surface area contributed by atoms with Gasteiger partial charge in [0.15, 0.2) is 0 Å². The van der Waals surface area contributed by atoms with Crippen LogP contribution in [0.4, 0.5) is 0 Å². The van der Waals surface area contributed by atoms with Crippen LogP contribution in [-0.4, -0.2) is 11.1 Å². The van der Waals surface area contributed by atoms with E-state index in [1.807, 2.05) is 0 Å². The highest BCUT2D eigenvalue weighted by Crippen LogP contribution is 2.28. The van der Waals surface area contributed by atoms with Crippen LogP contribution in [0, 0.1) is 6.92 Å². The summed E-state index contributed by atoms with van der Waals surface area (Å²) in [6, 6.07) is 6.64. The molecule has 0 aliphatic rings. The lowest BCUT2D eigenvalue weighted by Crippen LogP contribution is -2.08. The van der Waals surface area contributed by atoms with Gasteiger partial charge in [0.05, 0.1) is 0 Å². The molecule has 1 heterocycles. The summed E-state index contributed by atoms with van der Waals surface area (Å²) >= 11 is 0. The van der Waals surface area contributed by atoms with Crippen molar-refractivity contribution in [1.29, 1.82) is 0 Å². The van der Waals surface area contributed by atoms with Crippen LogP contribution in [0.1, 0.15) is 30.9 Å².